The van der Waals surface area contributed by atoms with Crippen LogP contribution < -0.4 is 21.7 Å². The Bertz CT molecular complexity index is 692. The van der Waals surface area contributed by atoms with Crippen LogP contribution in [0, 0.1) is 11.8 Å². The Morgan fingerprint density at radius 3 is 1.85 bits per heavy atom. The van der Waals surface area contributed by atoms with E-state index in [4.69, 9.17) is 10.8 Å². The number of rotatable bonds is 16. The SMILES string of the molecule is CCC(C)C(N)C(=O)NC(C(=O)NC(CCSC)C(=O)NC(CC(=O)O)C(=O)O)C(C)CC. The van der Waals surface area contributed by atoms with Gasteiger partial charge in [-0.05, 0) is 30.3 Å². The van der Waals surface area contributed by atoms with E-state index >= 15 is 0 Å². The van der Waals surface area contributed by atoms with Gasteiger partial charge in [0.15, 0.2) is 0 Å². The molecule has 7 N–H and O–H groups in total. The lowest BCUT2D eigenvalue weighted by molar-refractivity contribution is -0.147. The van der Waals surface area contributed by atoms with Crippen molar-refractivity contribution in [3.8, 4) is 0 Å². The number of thioether (sulfide) groups is 1. The van der Waals surface area contributed by atoms with Gasteiger partial charge in [-0.2, -0.15) is 11.8 Å². The van der Waals surface area contributed by atoms with Crippen LogP contribution in [0.2, 0.25) is 0 Å². The number of nitrogens with one attached hydrogen (secondary N) is 3. The number of carbonyl (C=O) groups excluding carboxylic acids is 3. The van der Waals surface area contributed by atoms with Gasteiger partial charge in [-0.25, -0.2) is 4.79 Å². The summed E-state index contributed by atoms with van der Waals surface area (Å²) in [6.45, 7) is 7.37. The van der Waals surface area contributed by atoms with Crippen molar-refractivity contribution in [3.63, 3.8) is 0 Å². The highest BCUT2D eigenvalue weighted by atomic mass is 32.2. The van der Waals surface area contributed by atoms with Gasteiger partial charge in [0.05, 0.1) is 12.5 Å². The van der Waals surface area contributed by atoms with Crippen molar-refractivity contribution >= 4 is 41.4 Å². The molecule has 190 valence electrons. The molecular weight excluding hydrogens is 452 g/mol. The molecule has 0 heterocycles. The quantitative estimate of drug-likeness (QED) is 0.175. The van der Waals surface area contributed by atoms with Crippen molar-refractivity contribution in [1.29, 1.82) is 0 Å². The van der Waals surface area contributed by atoms with Gasteiger partial charge in [-0.15, -0.1) is 0 Å². The summed E-state index contributed by atoms with van der Waals surface area (Å²) in [7, 11) is 0. The Morgan fingerprint density at radius 1 is 0.848 bits per heavy atom. The smallest absolute Gasteiger partial charge is 0.326 e. The minimum Gasteiger partial charge on any atom is -0.481 e. The molecule has 0 aromatic carbocycles. The number of carboxylic acid groups (broad SMARTS) is 2. The highest BCUT2D eigenvalue weighted by Gasteiger charge is 2.33. The molecule has 0 rings (SSSR count). The predicted octanol–water partition coefficient (Wildman–Crippen LogP) is 0.173. The molecule has 6 unspecified atom stereocenters. The molecule has 0 aromatic rings. The Balaban J connectivity index is 5.56. The minimum absolute atomic E-state index is 0.0899. The molecule has 0 spiro atoms. The fourth-order valence-electron chi connectivity index (χ4n) is 2.88. The first-order chi connectivity index (χ1) is 15.4. The van der Waals surface area contributed by atoms with Crippen molar-refractivity contribution in [2.24, 2.45) is 17.6 Å². The van der Waals surface area contributed by atoms with E-state index in [-0.39, 0.29) is 18.3 Å². The fraction of sp³-hybridized carbons (Fsp3) is 0.762. The van der Waals surface area contributed by atoms with Gasteiger partial charge >= 0.3 is 11.9 Å². The maximum absolute atomic E-state index is 13.1. The van der Waals surface area contributed by atoms with Crippen LogP contribution >= 0.6 is 11.8 Å². The number of hydrogen-bond acceptors (Lipinski definition) is 7. The molecule has 0 saturated carbocycles. The lowest BCUT2D eigenvalue weighted by atomic mass is 9.95. The topological polar surface area (TPSA) is 188 Å². The average molecular weight is 491 g/mol. The highest BCUT2D eigenvalue weighted by molar-refractivity contribution is 7.98. The summed E-state index contributed by atoms with van der Waals surface area (Å²) in [5, 5.41) is 25.5. The minimum atomic E-state index is -1.64. The van der Waals surface area contributed by atoms with Crippen molar-refractivity contribution in [1.82, 2.24) is 16.0 Å². The van der Waals surface area contributed by atoms with Crippen LogP contribution in [0.5, 0.6) is 0 Å². The van der Waals surface area contributed by atoms with E-state index in [2.05, 4.69) is 16.0 Å². The maximum atomic E-state index is 13.1. The summed E-state index contributed by atoms with van der Waals surface area (Å²) in [5.74, 6) is -4.63. The molecule has 0 radical (unpaired) electrons. The lowest BCUT2D eigenvalue weighted by Crippen LogP contribution is -2.59. The average Bonchev–Trinajstić information content (AvgIpc) is 2.77. The summed E-state index contributed by atoms with van der Waals surface area (Å²) in [6, 6.07) is -4.48. The molecule has 0 aliphatic carbocycles. The van der Waals surface area contributed by atoms with Crippen LogP contribution in [0.1, 0.15) is 53.4 Å². The molecule has 11 nitrogen and oxygen atoms in total. The Kier molecular flexibility index (Phi) is 14.4. The van der Waals surface area contributed by atoms with Gasteiger partial charge in [-0.1, -0.05) is 40.5 Å². The molecule has 0 bridgehead atoms. The zero-order chi connectivity index (χ0) is 25.7. The number of amides is 3. The molecule has 0 aromatic heterocycles. The molecule has 12 heteroatoms. The first-order valence-electron chi connectivity index (χ1n) is 11.0. The van der Waals surface area contributed by atoms with Crippen molar-refractivity contribution < 1.29 is 34.2 Å². The van der Waals surface area contributed by atoms with E-state index in [1.54, 1.807) is 13.2 Å². The van der Waals surface area contributed by atoms with Gasteiger partial charge in [0.25, 0.3) is 0 Å². The molecule has 0 fully saturated rings. The van der Waals surface area contributed by atoms with E-state index in [0.717, 1.165) is 0 Å². The van der Waals surface area contributed by atoms with Gasteiger partial charge < -0.3 is 31.9 Å². The summed E-state index contributed by atoms with van der Waals surface area (Å²) in [4.78, 5) is 60.5. The largest absolute Gasteiger partial charge is 0.481 e. The zero-order valence-corrected chi connectivity index (χ0v) is 20.7. The van der Waals surface area contributed by atoms with Crippen molar-refractivity contribution in [3.05, 3.63) is 0 Å². The van der Waals surface area contributed by atoms with Crippen molar-refractivity contribution in [2.45, 2.75) is 77.5 Å². The van der Waals surface area contributed by atoms with Crippen LogP contribution in [-0.2, 0) is 24.0 Å². The number of carboxylic acids is 2. The Morgan fingerprint density at radius 2 is 1.39 bits per heavy atom. The highest BCUT2D eigenvalue weighted by Crippen LogP contribution is 2.12. The van der Waals surface area contributed by atoms with Crippen molar-refractivity contribution in [2.75, 3.05) is 12.0 Å². The van der Waals surface area contributed by atoms with Gasteiger partial charge in [0.1, 0.15) is 18.1 Å². The predicted molar refractivity (Wildman–Crippen MR) is 126 cm³/mol. The van der Waals surface area contributed by atoms with E-state index in [1.165, 1.54) is 11.8 Å². The molecule has 33 heavy (non-hydrogen) atoms. The molecular formula is C21H38N4O7S. The van der Waals surface area contributed by atoms with E-state index in [0.29, 0.717) is 18.6 Å². The molecule has 6 atom stereocenters. The third-order valence-electron chi connectivity index (χ3n) is 5.59. The Labute approximate surface area is 199 Å². The maximum Gasteiger partial charge on any atom is 0.326 e. The molecule has 0 aliphatic rings. The monoisotopic (exact) mass is 490 g/mol. The van der Waals surface area contributed by atoms with E-state index in [9.17, 15) is 29.1 Å². The number of hydrogen-bond donors (Lipinski definition) is 6. The van der Waals surface area contributed by atoms with Gasteiger partial charge in [-0.3, -0.25) is 19.2 Å². The van der Waals surface area contributed by atoms with Crippen LogP contribution in [0.3, 0.4) is 0 Å². The van der Waals surface area contributed by atoms with Gasteiger partial charge in [0.2, 0.25) is 17.7 Å². The second kappa shape index (κ2) is 15.5. The first kappa shape index (κ1) is 30.7. The molecule has 0 aliphatic heterocycles. The van der Waals surface area contributed by atoms with Crippen LogP contribution in [-0.4, -0.2) is 76.0 Å². The van der Waals surface area contributed by atoms with E-state index < -0.39 is 60.2 Å². The fourth-order valence-corrected chi connectivity index (χ4v) is 3.35. The van der Waals surface area contributed by atoms with Crippen LogP contribution in [0.15, 0.2) is 0 Å². The third kappa shape index (κ3) is 10.9. The summed E-state index contributed by atoms with van der Waals surface area (Å²) >= 11 is 1.42. The first-order valence-corrected chi connectivity index (χ1v) is 12.4. The Hall–Kier alpha value is -2.34. The molecule has 0 saturated heterocycles. The number of aliphatic carboxylic acids is 2. The van der Waals surface area contributed by atoms with Crippen LogP contribution in [0.4, 0.5) is 0 Å². The summed E-state index contributed by atoms with van der Waals surface area (Å²) < 4.78 is 0. The third-order valence-corrected chi connectivity index (χ3v) is 6.23. The number of nitrogens with two attached hydrogens (primary N) is 1. The van der Waals surface area contributed by atoms with Crippen LogP contribution in [0.25, 0.3) is 0 Å². The summed E-state index contributed by atoms with van der Waals surface area (Å²) in [6.07, 6.45) is 2.44. The second-order valence-electron chi connectivity index (χ2n) is 8.12. The second-order valence-corrected chi connectivity index (χ2v) is 9.11. The summed E-state index contributed by atoms with van der Waals surface area (Å²) in [5.41, 5.74) is 5.99. The number of carbonyl (C=O) groups is 5. The van der Waals surface area contributed by atoms with E-state index in [1.807, 2.05) is 20.8 Å². The lowest BCUT2D eigenvalue weighted by Gasteiger charge is -2.28. The zero-order valence-electron chi connectivity index (χ0n) is 19.9. The normalized spacial score (nSPS) is 16.4. The standard InChI is InChI=1S/C21H38N4O7S/c1-6-11(3)16(22)19(29)25-17(12(4)7-2)20(30)23-13(8-9-33-5)18(28)24-14(21(31)32)10-15(26)27/h11-14,16-17H,6-10,22H2,1-5H3,(H,23,30)(H,24,28)(H,25,29)(H,26,27)(H,31,32). The van der Waals surface area contributed by atoms with Gasteiger partial charge in [0, 0.05) is 0 Å². The molecule has 3 amide bonds.